The number of halogens is 2. The van der Waals surface area contributed by atoms with E-state index in [1.54, 1.807) is 36.4 Å². The Hall–Kier alpha value is -3.16. The van der Waals surface area contributed by atoms with E-state index < -0.39 is 5.97 Å². The maximum atomic E-state index is 13.8. The summed E-state index contributed by atoms with van der Waals surface area (Å²) in [6, 6.07) is 13.3. The summed E-state index contributed by atoms with van der Waals surface area (Å²) in [4.78, 5) is 17.2. The molecule has 0 spiro atoms. The van der Waals surface area contributed by atoms with Gasteiger partial charge in [0.15, 0.2) is 17.2 Å². The first kappa shape index (κ1) is 20.1. The van der Waals surface area contributed by atoms with Gasteiger partial charge in [-0.3, -0.25) is 0 Å². The van der Waals surface area contributed by atoms with Crippen molar-refractivity contribution in [1.29, 1.82) is 0 Å². The molecule has 0 atom stereocenters. The molecule has 0 saturated heterocycles. The molecular weight excluding hydrogens is 429 g/mol. The number of carbonyl (C=O) groups excluding carboxylic acids is 1. The second-order valence-electron chi connectivity index (χ2n) is 6.23. The zero-order valence-corrected chi connectivity index (χ0v) is 17.3. The fourth-order valence-electron chi connectivity index (χ4n) is 2.80. The number of benzene rings is 2. The summed E-state index contributed by atoms with van der Waals surface area (Å²) >= 11 is 7.80. The van der Waals surface area contributed by atoms with Gasteiger partial charge < -0.3 is 14.2 Å². The molecule has 0 saturated carbocycles. The van der Waals surface area contributed by atoms with Gasteiger partial charge in [-0.25, -0.2) is 14.2 Å². The monoisotopic (exact) mass is 443 g/mol. The highest BCUT2D eigenvalue weighted by atomic mass is 35.5. The summed E-state index contributed by atoms with van der Waals surface area (Å²) in [7, 11) is 1.47. The zero-order chi connectivity index (χ0) is 21.1. The number of methoxy groups -OCH3 is 1. The summed E-state index contributed by atoms with van der Waals surface area (Å²) in [5, 5.41) is 2.13. The third-order valence-corrected chi connectivity index (χ3v) is 5.38. The number of hydrogen-bond donors (Lipinski definition) is 0. The van der Waals surface area contributed by atoms with E-state index in [-0.39, 0.29) is 34.8 Å². The average Bonchev–Trinajstić information content (AvgIpc) is 3.38. The van der Waals surface area contributed by atoms with Crippen molar-refractivity contribution in [2.45, 2.75) is 6.61 Å². The van der Waals surface area contributed by atoms with Crippen molar-refractivity contribution in [2.75, 3.05) is 7.11 Å². The van der Waals surface area contributed by atoms with Crippen molar-refractivity contribution in [3.63, 3.8) is 0 Å². The molecule has 3 aromatic rings. The Labute approximate surface area is 181 Å². The van der Waals surface area contributed by atoms with Crippen molar-refractivity contribution in [1.82, 2.24) is 0 Å². The summed E-state index contributed by atoms with van der Waals surface area (Å²) in [6.45, 7) is -0.00994. The molecule has 152 valence electrons. The summed E-state index contributed by atoms with van der Waals surface area (Å²) in [6.07, 6.45) is 1.55. The quantitative estimate of drug-likeness (QED) is 0.374. The minimum Gasteiger partial charge on any atom is -0.493 e. The lowest BCUT2D eigenvalue weighted by Crippen LogP contribution is -2.03. The first-order valence-corrected chi connectivity index (χ1v) is 10.1. The van der Waals surface area contributed by atoms with Crippen LogP contribution in [0.2, 0.25) is 5.02 Å². The molecule has 0 unspecified atom stereocenters. The minimum absolute atomic E-state index is 0.00994. The summed E-state index contributed by atoms with van der Waals surface area (Å²) in [5.74, 6) is -0.0218. The van der Waals surface area contributed by atoms with Crippen LogP contribution in [0.15, 0.2) is 64.6 Å². The van der Waals surface area contributed by atoms with Crippen LogP contribution in [0.25, 0.3) is 6.08 Å². The van der Waals surface area contributed by atoms with Crippen molar-refractivity contribution in [3.8, 4) is 11.5 Å². The number of aliphatic imine (C=N–C) groups is 1. The topological polar surface area (TPSA) is 57.1 Å². The number of thiophene rings is 1. The smallest absolute Gasteiger partial charge is 0.363 e. The molecule has 1 aliphatic rings. The average molecular weight is 444 g/mol. The predicted molar refractivity (Wildman–Crippen MR) is 114 cm³/mol. The third-order valence-electron chi connectivity index (χ3n) is 4.24. The Kier molecular flexibility index (Phi) is 5.83. The van der Waals surface area contributed by atoms with Gasteiger partial charge in [0.05, 0.1) is 17.0 Å². The highest BCUT2D eigenvalue weighted by Gasteiger charge is 2.25. The first-order chi connectivity index (χ1) is 14.5. The fourth-order valence-corrected chi connectivity index (χ4v) is 3.72. The lowest BCUT2D eigenvalue weighted by molar-refractivity contribution is -0.129. The molecule has 0 fully saturated rings. The van der Waals surface area contributed by atoms with Gasteiger partial charge >= 0.3 is 5.97 Å². The van der Waals surface area contributed by atoms with Crippen LogP contribution in [0.4, 0.5) is 4.39 Å². The van der Waals surface area contributed by atoms with Crippen LogP contribution in [0.5, 0.6) is 11.5 Å². The van der Waals surface area contributed by atoms with Crippen molar-refractivity contribution in [3.05, 3.63) is 86.5 Å². The molecule has 5 nitrogen and oxygen atoms in total. The Morgan fingerprint density at radius 3 is 2.80 bits per heavy atom. The lowest BCUT2D eigenvalue weighted by atomic mass is 10.1. The van der Waals surface area contributed by atoms with Crippen molar-refractivity contribution < 1.29 is 23.4 Å². The Balaban J connectivity index is 1.60. The summed E-state index contributed by atoms with van der Waals surface area (Å²) in [5.41, 5.74) is 1.13. The molecule has 0 aliphatic carbocycles. The van der Waals surface area contributed by atoms with Gasteiger partial charge in [0, 0.05) is 5.56 Å². The maximum Gasteiger partial charge on any atom is 0.363 e. The predicted octanol–water partition coefficient (Wildman–Crippen LogP) is 5.47. The van der Waals surface area contributed by atoms with Crippen LogP contribution in [0, 0.1) is 5.82 Å². The van der Waals surface area contributed by atoms with Gasteiger partial charge in [-0.15, -0.1) is 11.3 Å². The Morgan fingerprint density at radius 1 is 1.23 bits per heavy atom. The Morgan fingerprint density at radius 2 is 2.07 bits per heavy atom. The molecule has 2 aromatic carbocycles. The normalized spacial score (nSPS) is 14.6. The molecule has 4 rings (SSSR count). The molecular formula is C22H15ClFNO4S. The second kappa shape index (κ2) is 8.69. The van der Waals surface area contributed by atoms with E-state index in [1.807, 2.05) is 17.5 Å². The van der Waals surface area contributed by atoms with E-state index in [2.05, 4.69) is 4.99 Å². The molecule has 30 heavy (non-hydrogen) atoms. The molecule has 0 radical (unpaired) electrons. The fraction of sp³-hybridized carbons (Fsp3) is 0.0909. The van der Waals surface area contributed by atoms with Crippen molar-refractivity contribution >= 4 is 40.9 Å². The van der Waals surface area contributed by atoms with Crippen LogP contribution in [-0.4, -0.2) is 19.0 Å². The van der Waals surface area contributed by atoms with Crippen molar-refractivity contribution in [2.24, 2.45) is 4.99 Å². The molecule has 2 heterocycles. The molecule has 0 N–H and O–H groups in total. The first-order valence-electron chi connectivity index (χ1n) is 8.85. The van der Waals surface area contributed by atoms with Gasteiger partial charge in [-0.1, -0.05) is 35.9 Å². The molecule has 8 heteroatoms. The second-order valence-corrected chi connectivity index (χ2v) is 7.58. The number of carbonyl (C=O) groups is 1. The maximum absolute atomic E-state index is 13.8. The largest absolute Gasteiger partial charge is 0.493 e. The highest BCUT2D eigenvalue weighted by Crippen LogP contribution is 2.38. The number of cyclic esters (lactones) is 1. The number of rotatable bonds is 6. The van der Waals surface area contributed by atoms with E-state index in [4.69, 9.17) is 25.8 Å². The van der Waals surface area contributed by atoms with Crippen LogP contribution >= 0.6 is 22.9 Å². The minimum atomic E-state index is -0.548. The summed E-state index contributed by atoms with van der Waals surface area (Å²) < 4.78 is 30.1. The van der Waals surface area contributed by atoms with Crippen LogP contribution in [-0.2, 0) is 16.1 Å². The number of esters is 1. The van der Waals surface area contributed by atoms with Crippen LogP contribution < -0.4 is 9.47 Å². The van der Waals surface area contributed by atoms with Gasteiger partial charge in [-0.05, 0) is 41.3 Å². The number of ether oxygens (including phenoxy) is 3. The van der Waals surface area contributed by atoms with E-state index in [0.29, 0.717) is 16.9 Å². The molecule has 0 amide bonds. The Bertz CT molecular complexity index is 1160. The van der Waals surface area contributed by atoms with Crippen LogP contribution in [0.3, 0.4) is 0 Å². The number of hydrogen-bond acceptors (Lipinski definition) is 6. The van der Waals surface area contributed by atoms with E-state index in [0.717, 1.165) is 4.88 Å². The number of nitrogens with zero attached hydrogens (tertiary/aromatic N) is 1. The lowest BCUT2D eigenvalue weighted by Gasteiger charge is -2.13. The zero-order valence-electron chi connectivity index (χ0n) is 15.7. The van der Waals surface area contributed by atoms with Crippen LogP contribution in [0.1, 0.15) is 16.0 Å². The van der Waals surface area contributed by atoms with Gasteiger partial charge in [0.2, 0.25) is 5.90 Å². The molecule has 0 bridgehead atoms. The van der Waals surface area contributed by atoms with E-state index in [9.17, 15) is 9.18 Å². The standard InChI is InChI=1S/C22H15ClFNO4S/c1-27-18-11-13(10-17-22(26)29-21(25-17)19-7-4-8-30-19)9-15(23)20(18)28-12-14-5-2-3-6-16(14)24/h2-11H,12H2,1H3/b17-10+. The van der Waals surface area contributed by atoms with Gasteiger partial charge in [0.1, 0.15) is 12.4 Å². The molecule has 1 aromatic heterocycles. The third kappa shape index (κ3) is 4.22. The SMILES string of the molecule is COc1cc(/C=C2/N=C(c3cccs3)OC2=O)cc(Cl)c1OCc1ccccc1F. The van der Waals surface area contributed by atoms with E-state index in [1.165, 1.54) is 24.5 Å². The van der Waals surface area contributed by atoms with Gasteiger partial charge in [-0.2, -0.15) is 0 Å². The highest BCUT2D eigenvalue weighted by molar-refractivity contribution is 7.12. The van der Waals surface area contributed by atoms with E-state index >= 15 is 0 Å². The van der Waals surface area contributed by atoms with Gasteiger partial charge in [0.25, 0.3) is 0 Å². The molecule has 1 aliphatic heterocycles.